The number of nitrogens with one attached hydrogen (secondary N) is 1. The van der Waals surface area contributed by atoms with Crippen molar-refractivity contribution in [1.29, 1.82) is 0 Å². The van der Waals surface area contributed by atoms with Gasteiger partial charge >= 0.3 is 0 Å². The molecule has 1 aromatic heterocycles. The molecule has 0 aliphatic rings. The van der Waals surface area contributed by atoms with Crippen molar-refractivity contribution in [1.82, 2.24) is 20.1 Å². The fraction of sp³-hybridized carbons (Fsp3) is 0.250. The molecule has 0 bridgehead atoms. The second-order valence-corrected chi connectivity index (χ2v) is 5.94. The highest BCUT2D eigenvalue weighted by atomic mass is 16.5. The molecule has 0 fully saturated rings. The van der Waals surface area contributed by atoms with Gasteiger partial charge in [0.2, 0.25) is 0 Å². The molecular formula is C20H22N4O2. The first-order chi connectivity index (χ1) is 12.7. The predicted octanol–water partition coefficient (Wildman–Crippen LogP) is 2.58. The van der Waals surface area contributed by atoms with Crippen molar-refractivity contribution in [2.75, 3.05) is 6.61 Å². The van der Waals surface area contributed by atoms with Crippen LogP contribution in [0.15, 0.2) is 61.2 Å². The summed E-state index contributed by atoms with van der Waals surface area (Å²) in [5.74, 6) is 0.630. The second kappa shape index (κ2) is 8.80. The Morgan fingerprint density at radius 3 is 2.62 bits per heavy atom. The van der Waals surface area contributed by atoms with E-state index in [1.165, 1.54) is 6.33 Å². The minimum Gasteiger partial charge on any atom is -0.483 e. The summed E-state index contributed by atoms with van der Waals surface area (Å²) in [6.45, 7) is 3.23. The fourth-order valence-electron chi connectivity index (χ4n) is 2.60. The van der Waals surface area contributed by atoms with E-state index in [4.69, 9.17) is 4.74 Å². The number of benzene rings is 2. The minimum atomic E-state index is -0.136. The van der Waals surface area contributed by atoms with Crippen LogP contribution in [0, 0.1) is 0 Å². The van der Waals surface area contributed by atoms with Gasteiger partial charge < -0.3 is 10.1 Å². The number of nitrogens with zero attached hydrogens (tertiary/aromatic N) is 3. The lowest BCUT2D eigenvalue weighted by Gasteiger charge is -2.11. The van der Waals surface area contributed by atoms with Gasteiger partial charge in [0.05, 0.1) is 6.54 Å². The van der Waals surface area contributed by atoms with Crippen molar-refractivity contribution in [2.24, 2.45) is 0 Å². The number of hydrogen-bond donors (Lipinski definition) is 1. The highest BCUT2D eigenvalue weighted by Gasteiger charge is 2.06. The van der Waals surface area contributed by atoms with Crippen LogP contribution in [-0.2, 0) is 24.3 Å². The van der Waals surface area contributed by atoms with Crippen LogP contribution in [0.4, 0.5) is 0 Å². The van der Waals surface area contributed by atoms with E-state index in [1.807, 2.05) is 48.5 Å². The van der Waals surface area contributed by atoms with Gasteiger partial charge in [-0.25, -0.2) is 9.67 Å². The summed E-state index contributed by atoms with van der Waals surface area (Å²) in [5.41, 5.74) is 3.27. The third-order valence-electron chi connectivity index (χ3n) is 4.04. The van der Waals surface area contributed by atoms with Crippen LogP contribution in [0.2, 0.25) is 0 Å². The molecule has 0 atom stereocenters. The zero-order valence-corrected chi connectivity index (χ0v) is 14.8. The lowest BCUT2D eigenvalue weighted by atomic mass is 10.1. The quantitative estimate of drug-likeness (QED) is 0.678. The van der Waals surface area contributed by atoms with Crippen molar-refractivity contribution >= 4 is 5.91 Å². The molecule has 1 N–H and O–H groups in total. The SMILES string of the molecule is CCc1ccccc1OCC(=O)NCc1ccc(Cn2cncn2)cc1. The van der Waals surface area contributed by atoms with Gasteiger partial charge in [-0.3, -0.25) is 4.79 Å². The third-order valence-corrected chi connectivity index (χ3v) is 4.04. The molecule has 0 spiro atoms. The van der Waals surface area contributed by atoms with Gasteiger partial charge in [0.15, 0.2) is 6.61 Å². The average Bonchev–Trinajstić information content (AvgIpc) is 3.19. The van der Waals surface area contributed by atoms with Gasteiger partial charge in [0.1, 0.15) is 18.4 Å². The molecule has 3 aromatic rings. The Kier molecular flexibility index (Phi) is 5.98. The van der Waals surface area contributed by atoms with Crippen molar-refractivity contribution in [2.45, 2.75) is 26.4 Å². The van der Waals surface area contributed by atoms with Crippen LogP contribution in [0.3, 0.4) is 0 Å². The molecule has 26 heavy (non-hydrogen) atoms. The van der Waals surface area contributed by atoms with Crippen LogP contribution >= 0.6 is 0 Å². The Labute approximate surface area is 152 Å². The molecule has 0 radical (unpaired) electrons. The Bertz CT molecular complexity index is 829. The molecule has 0 aliphatic carbocycles. The summed E-state index contributed by atoms with van der Waals surface area (Å²) in [6.07, 6.45) is 4.08. The number of carbonyl (C=O) groups is 1. The van der Waals surface area contributed by atoms with Gasteiger partial charge in [-0.05, 0) is 29.2 Å². The molecule has 0 unspecified atom stereocenters. The Balaban J connectivity index is 1.45. The van der Waals surface area contributed by atoms with E-state index in [1.54, 1.807) is 11.0 Å². The number of aromatic nitrogens is 3. The standard InChI is InChI=1S/C20H22N4O2/c1-2-18-5-3-4-6-19(18)26-13-20(25)22-11-16-7-9-17(10-8-16)12-24-15-21-14-23-24/h3-10,14-15H,2,11-13H2,1H3,(H,22,25). The van der Waals surface area contributed by atoms with Crippen molar-refractivity contribution in [3.63, 3.8) is 0 Å². The molecule has 6 heteroatoms. The monoisotopic (exact) mass is 350 g/mol. The van der Waals surface area contributed by atoms with Gasteiger partial charge in [-0.15, -0.1) is 0 Å². The zero-order valence-electron chi connectivity index (χ0n) is 14.8. The van der Waals surface area contributed by atoms with E-state index in [9.17, 15) is 4.79 Å². The molecule has 3 rings (SSSR count). The maximum atomic E-state index is 12.0. The first-order valence-electron chi connectivity index (χ1n) is 8.62. The highest BCUT2D eigenvalue weighted by molar-refractivity contribution is 5.77. The lowest BCUT2D eigenvalue weighted by molar-refractivity contribution is -0.123. The topological polar surface area (TPSA) is 69.0 Å². The lowest BCUT2D eigenvalue weighted by Crippen LogP contribution is -2.28. The van der Waals surface area contributed by atoms with E-state index in [0.29, 0.717) is 13.1 Å². The number of carbonyl (C=O) groups excluding carboxylic acids is 1. The molecule has 1 heterocycles. The molecule has 134 valence electrons. The van der Waals surface area contributed by atoms with Gasteiger partial charge in [0, 0.05) is 6.54 Å². The van der Waals surface area contributed by atoms with Gasteiger partial charge in [-0.2, -0.15) is 5.10 Å². The number of para-hydroxylation sites is 1. The summed E-state index contributed by atoms with van der Waals surface area (Å²) in [6, 6.07) is 15.8. The Morgan fingerprint density at radius 1 is 1.12 bits per heavy atom. The number of rotatable bonds is 8. The summed E-state index contributed by atoms with van der Waals surface area (Å²) >= 11 is 0. The van der Waals surface area contributed by atoms with E-state index in [-0.39, 0.29) is 12.5 Å². The smallest absolute Gasteiger partial charge is 0.258 e. The molecule has 0 saturated carbocycles. The molecule has 0 aliphatic heterocycles. The Morgan fingerprint density at radius 2 is 1.88 bits per heavy atom. The number of ether oxygens (including phenoxy) is 1. The van der Waals surface area contributed by atoms with Crippen molar-refractivity contribution in [3.05, 3.63) is 77.9 Å². The Hall–Kier alpha value is -3.15. The van der Waals surface area contributed by atoms with Gasteiger partial charge in [0.25, 0.3) is 5.91 Å². The third kappa shape index (κ3) is 4.92. The summed E-state index contributed by atoms with van der Waals surface area (Å²) in [7, 11) is 0. The van der Waals surface area contributed by atoms with Crippen LogP contribution in [0.25, 0.3) is 0 Å². The molecule has 6 nitrogen and oxygen atoms in total. The minimum absolute atomic E-state index is 0.0153. The van der Waals surface area contributed by atoms with Crippen LogP contribution in [0.1, 0.15) is 23.6 Å². The van der Waals surface area contributed by atoms with Crippen molar-refractivity contribution < 1.29 is 9.53 Å². The summed E-state index contributed by atoms with van der Waals surface area (Å²) < 4.78 is 7.39. The number of amides is 1. The van der Waals surface area contributed by atoms with E-state index >= 15 is 0 Å². The number of aryl methyl sites for hydroxylation is 1. The van der Waals surface area contributed by atoms with Crippen LogP contribution in [-0.4, -0.2) is 27.3 Å². The summed E-state index contributed by atoms with van der Waals surface area (Å²) in [5, 5.41) is 6.97. The largest absolute Gasteiger partial charge is 0.483 e. The van der Waals surface area contributed by atoms with E-state index in [0.717, 1.165) is 28.9 Å². The van der Waals surface area contributed by atoms with E-state index < -0.39 is 0 Å². The first kappa shape index (κ1) is 17.7. The van der Waals surface area contributed by atoms with Crippen molar-refractivity contribution in [3.8, 4) is 5.75 Å². The van der Waals surface area contributed by atoms with Crippen LogP contribution < -0.4 is 10.1 Å². The van der Waals surface area contributed by atoms with Gasteiger partial charge in [-0.1, -0.05) is 49.4 Å². The fourth-order valence-corrected chi connectivity index (χ4v) is 2.60. The molecule has 0 saturated heterocycles. The second-order valence-electron chi connectivity index (χ2n) is 5.94. The first-order valence-corrected chi connectivity index (χ1v) is 8.62. The maximum Gasteiger partial charge on any atom is 0.258 e. The maximum absolute atomic E-state index is 12.0. The number of hydrogen-bond acceptors (Lipinski definition) is 4. The molecule has 2 aromatic carbocycles. The zero-order chi connectivity index (χ0) is 18.2. The molecular weight excluding hydrogens is 328 g/mol. The molecule has 1 amide bonds. The van der Waals surface area contributed by atoms with E-state index in [2.05, 4.69) is 22.3 Å². The van der Waals surface area contributed by atoms with Crippen LogP contribution in [0.5, 0.6) is 5.75 Å². The predicted molar refractivity (Wildman–Crippen MR) is 98.7 cm³/mol. The summed E-state index contributed by atoms with van der Waals surface area (Å²) in [4.78, 5) is 15.9. The average molecular weight is 350 g/mol. The normalized spacial score (nSPS) is 10.5. The highest BCUT2D eigenvalue weighted by Crippen LogP contribution is 2.17.